The number of hydrogen-bond acceptors (Lipinski definition) is 0. The van der Waals surface area contributed by atoms with Crippen molar-refractivity contribution in [3.05, 3.63) is 24.3 Å². The fraction of sp³-hybridized carbons (Fsp3) is 0.333. The molecule has 1 aliphatic rings. The second-order valence-electron chi connectivity index (χ2n) is 1.71. The molecule has 2 heteroatoms. The van der Waals surface area contributed by atoms with E-state index < -0.39 is 0 Å². The zero-order valence-corrected chi connectivity index (χ0v) is 7.44. The third-order valence-electron chi connectivity index (χ3n) is 0.952. The maximum Gasteiger partial charge on any atom is 0.116 e. The first-order valence-electron chi connectivity index (χ1n) is 2.44. The van der Waals surface area contributed by atoms with Gasteiger partial charge in [0.15, 0.2) is 0 Å². The maximum absolute atomic E-state index is 3.44. The van der Waals surface area contributed by atoms with Crippen molar-refractivity contribution in [3.63, 3.8) is 0 Å². The van der Waals surface area contributed by atoms with E-state index in [2.05, 4.69) is 56.2 Å². The van der Waals surface area contributed by atoms with Gasteiger partial charge in [0.1, 0.15) is 3.23 Å². The van der Waals surface area contributed by atoms with E-state index in [0.717, 1.165) is 6.42 Å². The average Bonchev–Trinajstić information content (AvgIpc) is 1.65. The predicted molar refractivity (Wildman–Crippen MR) is 43.5 cm³/mol. The molecule has 44 valence electrons. The second kappa shape index (κ2) is 2.36. The van der Waals surface area contributed by atoms with Crippen molar-refractivity contribution in [1.82, 2.24) is 0 Å². The molecular weight excluding hydrogens is 232 g/mol. The van der Waals surface area contributed by atoms with E-state index in [1.807, 2.05) is 0 Å². The van der Waals surface area contributed by atoms with Crippen LogP contribution in [0.3, 0.4) is 0 Å². The number of hydrogen-bond donors (Lipinski definition) is 0. The van der Waals surface area contributed by atoms with Gasteiger partial charge in [0.2, 0.25) is 0 Å². The standard InChI is InChI=1S/C6H6Br2/c7-6(8)4-2-1-3-5-6/h2-5H,1H2. The fourth-order valence-corrected chi connectivity index (χ4v) is 1.33. The Morgan fingerprint density at radius 3 is 1.88 bits per heavy atom. The molecular formula is C6H6Br2. The van der Waals surface area contributed by atoms with Gasteiger partial charge < -0.3 is 0 Å². The predicted octanol–water partition coefficient (Wildman–Crippen LogP) is 2.99. The summed E-state index contributed by atoms with van der Waals surface area (Å²) in [5.74, 6) is 0. The van der Waals surface area contributed by atoms with Crippen molar-refractivity contribution in [3.8, 4) is 0 Å². The van der Waals surface area contributed by atoms with Crippen LogP contribution in [0, 0.1) is 0 Å². The third kappa shape index (κ3) is 1.75. The molecule has 0 N–H and O–H groups in total. The van der Waals surface area contributed by atoms with Crippen LogP contribution in [-0.4, -0.2) is 3.23 Å². The zero-order chi connectivity index (χ0) is 6.04. The van der Waals surface area contributed by atoms with Gasteiger partial charge in [-0.05, 0) is 6.42 Å². The van der Waals surface area contributed by atoms with Crippen molar-refractivity contribution < 1.29 is 0 Å². The minimum absolute atomic E-state index is 0.0573. The number of rotatable bonds is 0. The van der Waals surface area contributed by atoms with Crippen LogP contribution in [0.5, 0.6) is 0 Å². The minimum Gasteiger partial charge on any atom is -0.0822 e. The molecule has 8 heavy (non-hydrogen) atoms. The van der Waals surface area contributed by atoms with E-state index in [4.69, 9.17) is 0 Å². The molecule has 0 aromatic carbocycles. The number of allylic oxidation sites excluding steroid dienone is 4. The summed E-state index contributed by atoms with van der Waals surface area (Å²) in [6.45, 7) is 0. The quantitative estimate of drug-likeness (QED) is 0.449. The van der Waals surface area contributed by atoms with Crippen molar-refractivity contribution in [2.24, 2.45) is 0 Å². The summed E-state index contributed by atoms with van der Waals surface area (Å²) in [7, 11) is 0. The molecule has 0 spiro atoms. The van der Waals surface area contributed by atoms with Crippen molar-refractivity contribution in [2.75, 3.05) is 0 Å². The lowest BCUT2D eigenvalue weighted by atomic mass is 10.2. The third-order valence-corrected chi connectivity index (χ3v) is 2.01. The Kier molecular flexibility index (Phi) is 1.93. The molecule has 0 heterocycles. The van der Waals surface area contributed by atoms with E-state index >= 15 is 0 Å². The van der Waals surface area contributed by atoms with Gasteiger partial charge in [0.05, 0.1) is 0 Å². The molecule has 0 aromatic heterocycles. The van der Waals surface area contributed by atoms with E-state index in [-0.39, 0.29) is 3.23 Å². The molecule has 0 bridgehead atoms. The summed E-state index contributed by atoms with van der Waals surface area (Å²) in [6.07, 6.45) is 9.44. The van der Waals surface area contributed by atoms with Gasteiger partial charge in [-0.25, -0.2) is 0 Å². The monoisotopic (exact) mass is 236 g/mol. The Balaban J connectivity index is 2.69. The van der Waals surface area contributed by atoms with Crippen molar-refractivity contribution >= 4 is 31.9 Å². The van der Waals surface area contributed by atoms with Crippen LogP contribution in [-0.2, 0) is 0 Å². The first kappa shape index (κ1) is 6.56. The molecule has 0 aromatic rings. The highest BCUT2D eigenvalue weighted by atomic mass is 79.9. The SMILES string of the molecule is BrC1(Br)C=CCC=C1. The van der Waals surface area contributed by atoms with E-state index in [1.54, 1.807) is 0 Å². The van der Waals surface area contributed by atoms with E-state index in [0.29, 0.717) is 0 Å². The maximum atomic E-state index is 3.44. The first-order valence-corrected chi connectivity index (χ1v) is 4.02. The Morgan fingerprint density at radius 2 is 1.62 bits per heavy atom. The van der Waals surface area contributed by atoms with Crippen LogP contribution in [0.25, 0.3) is 0 Å². The largest absolute Gasteiger partial charge is 0.116 e. The first-order chi connectivity index (χ1) is 3.71. The van der Waals surface area contributed by atoms with E-state index in [1.165, 1.54) is 0 Å². The van der Waals surface area contributed by atoms with Crippen LogP contribution in [0.1, 0.15) is 6.42 Å². The molecule has 0 radical (unpaired) electrons. The summed E-state index contributed by atoms with van der Waals surface area (Å²) in [6, 6.07) is 0. The lowest BCUT2D eigenvalue weighted by molar-refractivity contribution is 1.22. The van der Waals surface area contributed by atoms with Crippen LogP contribution in [0.4, 0.5) is 0 Å². The molecule has 0 aliphatic heterocycles. The smallest absolute Gasteiger partial charge is 0.0822 e. The Hall–Kier alpha value is 0.440. The van der Waals surface area contributed by atoms with Crippen LogP contribution in [0.15, 0.2) is 24.3 Å². The molecule has 0 unspecified atom stereocenters. The highest BCUT2D eigenvalue weighted by Crippen LogP contribution is 2.31. The van der Waals surface area contributed by atoms with Gasteiger partial charge >= 0.3 is 0 Å². The van der Waals surface area contributed by atoms with Gasteiger partial charge in [-0.15, -0.1) is 0 Å². The molecule has 0 atom stereocenters. The lowest BCUT2D eigenvalue weighted by Gasteiger charge is -2.11. The van der Waals surface area contributed by atoms with Gasteiger partial charge in [-0.1, -0.05) is 56.2 Å². The molecule has 0 saturated heterocycles. The van der Waals surface area contributed by atoms with Gasteiger partial charge in [0, 0.05) is 0 Å². The second-order valence-corrected chi connectivity index (χ2v) is 5.40. The van der Waals surface area contributed by atoms with Crippen LogP contribution < -0.4 is 0 Å². The zero-order valence-electron chi connectivity index (χ0n) is 4.27. The molecule has 0 saturated carbocycles. The average molecular weight is 238 g/mol. The summed E-state index contributed by atoms with van der Waals surface area (Å²) >= 11 is 6.87. The molecule has 0 nitrogen and oxygen atoms in total. The van der Waals surface area contributed by atoms with E-state index in [9.17, 15) is 0 Å². The van der Waals surface area contributed by atoms with Crippen molar-refractivity contribution in [2.45, 2.75) is 9.65 Å². The summed E-state index contributed by atoms with van der Waals surface area (Å²) in [5, 5.41) is 0. The molecule has 1 aliphatic carbocycles. The summed E-state index contributed by atoms with van der Waals surface area (Å²) < 4.78 is -0.0573. The van der Waals surface area contributed by atoms with Gasteiger partial charge in [-0.2, -0.15) is 0 Å². The Labute approximate surface area is 65.9 Å². The van der Waals surface area contributed by atoms with Crippen LogP contribution in [0.2, 0.25) is 0 Å². The number of alkyl halides is 2. The van der Waals surface area contributed by atoms with Gasteiger partial charge in [-0.3, -0.25) is 0 Å². The number of halogens is 2. The normalized spacial score (nSPS) is 23.8. The lowest BCUT2D eigenvalue weighted by Crippen LogP contribution is -2.02. The molecule has 0 amide bonds. The topological polar surface area (TPSA) is 0 Å². The molecule has 1 rings (SSSR count). The Bertz CT molecular complexity index is 119. The summed E-state index contributed by atoms with van der Waals surface area (Å²) in [5.41, 5.74) is 0. The highest BCUT2D eigenvalue weighted by Gasteiger charge is 2.14. The molecule has 0 fully saturated rings. The summed E-state index contributed by atoms with van der Waals surface area (Å²) in [4.78, 5) is 0. The highest BCUT2D eigenvalue weighted by molar-refractivity contribution is 9.25. The minimum atomic E-state index is -0.0573. The fourth-order valence-electron chi connectivity index (χ4n) is 0.584. The van der Waals surface area contributed by atoms with Crippen LogP contribution >= 0.6 is 31.9 Å². The van der Waals surface area contributed by atoms with Crippen molar-refractivity contribution in [1.29, 1.82) is 0 Å². The Morgan fingerprint density at radius 1 is 1.12 bits per heavy atom. The van der Waals surface area contributed by atoms with Gasteiger partial charge in [0.25, 0.3) is 0 Å².